The highest BCUT2D eigenvalue weighted by Crippen LogP contribution is 2.18. The Balaban J connectivity index is 1.55. The van der Waals surface area contributed by atoms with E-state index >= 15 is 0 Å². The largest absolute Gasteiger partial charge is 0.357 e. The zero-order valence-corrected chi connectivity index (χ0v) is 13.2. The predicted molar refractivity (Wildman–Crippen MR) is 86.8 cm³/mol. The normalized spacial score (nSPS) is 15.2. The SMILES string of the molecule is O=C(Cn1cncn1)NCc1ccnc(N2CCCCCC2)c1. The highest BCUT2D eigenvalue weighted by Gasteiger charge is 2.11. The standard InChI is InChI=1S/C16H22N6O/c23-16(11-22-13-17-12-20-22)19-10-14-5-6-18-15(9-14)21-7-3-1-2-4-8-21/h5-6,9,12-13H,1-4,7-8,10-11H2,(H,19,23). The minimum atomic E-state index is -0.0800. The van der Waals surface area contributed by atoms with Gasteiger partial charge in [0.25, 0.3) is 0 Å². The van der Waals surface area contributed by atoms with E-state index in [0.29, 0.717) is 6.54 Å². The molecule has 2 aromatic rings. The predicted octanol–water partition coefficient (Wildman–Crippen LogP) is 1.37. The zero-order valence-electron chi connectivity index (χ0n) is 13.2. The second-order valence-electron chi connectivity index (χ2n) is 5.79. The molecule has 7 nitrogen and oxygen atoms in total. The number of hydrogen-bond acceptors (Lipinski definition) is 5. The number of aromatic nitrogens is 4. The Bertz CT molecular complexity index is 619. The van der Waals surface area contributed by atoms with Crippen LogP contribution in [0.2, 0.25) is 0 Å². The molecule has 7 heteroatoms. The van der Waals surface area contributed by atoms with Crippen molar-refractivity contribution < 1.29 is 4.79 Å². The van der Waals surface area contributed by atoms with E-state index < -0.39 is 0 Å². The number of nitrogens with one attached hydrogen (secondary N) is 1. The second kappa shape index (κ2) is 7.71. The average molecular weight is 314 g/mol. The van der Waals surface area contributed by atoms with Crippen LogP contribution < -0.4 is 10.2 Å². The molecular formula is C16H22N6O. The number of nitrogens with zero attached hydrogens (tertiary/aromatic N) is 5. The van der Waals surface area contributed by atoms with Crippen LogP contribution >= 0.6 is 0 Å². The van der Waals surface area contributed by atoms with Crippen molar-refractivity contribution in [1.82, 2.24) is 25.1 Å². The summed E-state index contributed by atoms with van der Waals surface area (Å²) in [5.74, 6) is 0.929. The van der Waals surface area contributed by atoms with Gasteiger partial charge in [-0.25, -0.2) is 14.6 Å². The first-order valence-corrected chi connectivity index (χ1v) is 8.10. The molecule has 2 aromatic heterocycles. The molecule has 0 aliphatic carbocycles. The molecule has 0 spiro atoms. The summed E-state index contributed by atoms with van der Waals surface area (Å²) in [6, 6.07) is 4.01. The number of carbonyl (C=O) groups is 1. The van der Waals surface area contributed by atoms with Gasteiger partial charge in [0.1, 0.15) is 25.0 Å². The van der Waals surface area contributed by atoms with E-state index in [0.717, 1.165) is 24.5 Å². The summed E-state index contributed by atoms with van der Waals surface area (Å²) in [5, 5.41) is 6.83. The van der Waals surface area contributed by atoms with E-state index in [1.54, 1.807) is 0 Å². The Morgan fingerprint density at radius 2 is 2.04 bits per heavy atom. The number of carbonyl (C=O) groups excluding carboxylic acids is 1. The molecule has 1 N–H and O–H groups in total. The number of amides is 1. The first-order valence-electron chi connectivity index (χ1n) is 8.10. The fraction of sp³-hybridized carbons (Fsp3) is 0.500. The van der Waals surface area contributed by atoms with Crippen LogP contribution in [0.15, 0.2) is 31.0 Å². The highest BCUT2D eigenvalue weighted by molar-refractivity contribution is 5.75. The Kier molecular flexibility index (Phi) is 5.18. The van der Waals surface area contributed by atoms with Crippen LogP contribution in [-0.4, -0.2) is 38.7 Å². The topological polar surface area (TPSA) is 75.9 Å². The summed E-state index contributed by atoms with van der Waals surface area (Å²) >= 11 is 0. The van der Waals surface area contributed by atoms with E-state index in [-0.39, 0.29) is 12.5 Å². The molecular weight excluding hydrogens is 292 g/mol. The van der Waals surface area contributed by atoms with Crippen molar-refractivity contribution in [3.05, 3.63) is 36.5 Å². The minimum absolute atomic E-state index is 0.0800. The summed E-state index contributed by atoms with van der Waals surface area (Å²) in [4.78, 5) is 22.5. The van der Waals surface area contributed by atoms with Crippen LogP contribution in [0.1, 0.15) is 31.2 Å². The van der Waals surface area contributed by atoms with Gasteiger partial charge in [-0.2, -0.15) is 5.10 Å². The van der Waals surface area contributed by atoms with Crippen LogP contribution in [-0.2, 0) is 17.9 Å². The lowest BCUT2D eigenvalue weighted by molar-refractivity contribution is -0.122. The van der Waals surface area contributed by atoms with Gasteiger partial charge in [0.05, 0.1) is 0 Å². The lowest BCUT2D eigenvalue weighted by Crippen LogP contribution is -2.28. The number of anilines is 1. The molecule has 1 saturated heterocycles. The molecule has 1 fully saturated rings. The number of hydrogen-bond donors (Lipinski definition) is 1. The van der Waals surface area contributed by atoms with Crippen molar-refractivity contribution in [2.45, 2.75) is 38.8 Å². The van der Waals surface area contributed by atoms with Crippen molar-refractivity contribution in [3.8, 4) is 0 Å². The van der Waals surface area contributed by atoms with E-state index in [4.69, 9.17) is 0 Å². The Morgan fingerprint density at radius 3 is 2.78 bits per heavy atom. The van der Waals surface area contributed by atoms with Gasteiger partial charge in [-0.15, -0.1) is 0 Å². The lowest BCUT2D eigenvalue weighted by atomic mass is 10.2. The van der Waals surface area contributed by atoms with E-state index in [9.17, 15) is 4.79 Å². The number of rotatable bonds is 5. The van der Waals surface area contributed by atoms with Crippen molar-refractivity contribution in [2.24, 2.45) is 0 Å². The third kappa shape index (κ3) is 4.51. The minimum Gasteiger partial charge on any atom is -0.357 e. The molecule has 1 aliphatic rings. The molecule has 3 heterocycles. The molecule has 0 atom stereocenters. The van der Waals surface area contributed by atoms with Gasteiger partial charge >= 0.3 is 0 Å². The fourth-order valence-electron chi connectivity index (χ4n) is 2.76. The summed E-state index contributed by atoms with van der Waals surface area (Å²) in [5.41, 5.74) is 1.06. The van der Waals surface area contributed by atoms with Gasteiger partial charge in [-0.1, -0.05) is 12.8 Å². The van der Waals surface area contributed by atoms with Gasteiger partial charge in [0.2, 0.25) is 5.91 Å². The summed E-state index contributed by atoms with van der Waals surface area (Å²) in [6.45, 7) is 2.81. The molecule has 1 aliphatic heterocycles. The monoisotopic (exact) mass is 314 g/mol. The molecule has 0 unspecified atom stereocenters. The molecule has 0 saturated carbocycles. The van der Waals surface area contributed by atoms with Crippen molar-refractivity contribution >= 4 is 11.7 Å². The lowest BCUT2D eigenvalue weighted by Gasteiger charge is -2.21. The summed E-state index contributed by atoms with van der Waals surface area (Å²) in [7, 11) is 0. The smallest absolute Gasteiger partial charge is 0.242 e. The summed E-state index contributed by atoms with van der Waals surface area (Å²) in [6.07, 6.45) is 9.82. The molecule has 0 radical (unpaired) electrons. The van der Waals surface area contributed by atoms with Crippen LogP contribution in [0.3, 0.4) is 0 Å². The van der Waals surface area contributed by atoms with Gasteiger partial charge < -0.3 is 10.2 Å². The van der Waals surface area contributed by atoms with Gasteiger partial charge in [0.15, 0.2) is 0 Å². The first-order chi connectivity index (χ1) is 11.3. The molecule has 1 amide bonds. The van der Waals surface area contributed by atoms with Crippen LogP contribution in [0.5, 0.6) is 0 Å². The van der Waals surface area contributed by atoms with E-state index in [1.165, 1.54) is 43.0 Å². The first kappa shape index (κ1) is 15.5. The van der Waals surface area contributed by atoms with E-state index in [2.05, 4.69) is 31.3 Å². The summed E-state index contributed by atoms with van der Waals surface area (Å²) < 4.78 is 1.50. The maximum absolute atomic E-state index is 11.9. The molecule has 0 aromatic carbocycles. The Labute approximate surface area is 135 Å². The van der Waals surface area contributed by atoms with Crippen LogP contribution in [0.25, 0.3) is 0 Å². The second-order valence-corrected chi connectivity index (χ2v) is 5.79. The van der Waals surface area contributed by atoms with E-state index in [1.807, 2.05) is 12.3 Å². The maximum atomic E-state index is 11.9. The van der Waals surface area contributed by atoms with Gasteiger partial charge in [-0.05, 0) is 30.5 Å². The maximum Gasteiger partial charge on any atom is 0.242 e. The molecule has 0 bridgehead atoms. The third-order valence-electron chi connectivity index (χ3n) is 4.00. The van der Waals surface area contributed by atoms with Gasteiger partial charge in [0, 0.05) is 25.8 Å². The fourth-order valence-corrected chi connectivity index (χ4v) is 2.76. The quantitative estimate of drug-likeness (QED) is 0.902. The van der Waals surface area contributed by atoms with Crippen LogP contribution in [0.4, 0.5) is 5.82 Å². The molecule has 122 valence electrons. The van der Waals surface area contributed by atoms with Crippen molar-refractivity contribution in [2.75, 3.05) is 18.0 Å². The van der Waals surface area contributed by atoms with Gasteiger partial charge in [-0.3, -0.25) is 4.79 Å². The zero-order chi connectivity index (χ0) is 15.9. The molecule has 3 rings (SSSR count). The Morgan fingerprint density at radius 1 is 1.22 bits per heavy atom. The number of pyridine rings is 1. The van der Waals surface area contributed by atoms with Crippen molar-refractivity contribution in [3.63, 3.8) is 0 Å². The third-order valence-corrected chi connectivity index (χ3v) is 4.00. The highest BCUT2D eigenvalue weighted by atomic mass is 16.2. The average Bonchev–Trinajstić information content (AvgIpc) is 2.92. The van der Waals surface area contributed by atoms with Crippen molar-refractivity contribution in [1.29, 1.82) is 0 Å². The Hall–Kier alpha value is -2.44. The molecule has 23 heavy (non-hydrogen) atoms. The van der Waals surface area contributed by atoms with Crippen LogP contribution in [0, 0.1) is 0 Å².